The lowest BCUT2D eigenvalue weighted by molar-refractivity contribution is -0.0427. The highest BCUT2D eigenvalue weighted by Gasteiger charge is 2.39. The number of aliphatic hydroxyl groups is 1. The highest BCUT2D eigenvalue weighted by molar-refractivity contribution is 5.58. The molecule has 5 nitrogen and oxygen atoms in total. The molecule has 4 rings (SSSR count). The lowest BCUT2D eigenvalue weighted by atomic mass is 9.85. The van der Waals surface area contributed by atoms with Crippen LogP contribution in [0.3, 0.4) is 0 Å². The number of allylic oxidation sites excluding steroid dienone is 2. The molecule has 0 fully saturated rings. The van der Waals surface area contributed by atoms with Crippen molar-refractivity contribution < 1.29 is 24.8 Å². The predicted octanol–water partition coefficient (Wildman–Crippen LogP) is 4.75. The maximum atomic E-state index is 11.2. The highest BCUT2D eigenvalue weighted by atomic mass is 16.5. The molecule has 0 saturated carbocycles. The molecule has 2 aromatic carbocycles. The molecule has 0 aliphatic carbocycles. The van der Waals surface area contributed by atoms with Crippen molar-refractivity contribution in [3.63, 3.8) is 0 Å². The minimum Gasteiger partial charge on any atom is -0.508 e. The lowest BCUT2D eigenvalue weighted by Gasteiger charge is -2.38. The van der Waals surface area contributed by atoms with Gasteiger partial charge in [-0.25, -0.2) is 0 Å². The van der Waals surface area contributed by atoms with Gasteiger partial charge in [0, 0.05) is 29.2 Å². The zero-order valence-electron chi connectivity index (χ0n) is 18.0. The fourth-order valence-electron chi connectivity index (χ4n) is 4.20. The zero-order valence-corrected chi connectivity index (χ0v) is 18.0. The van der Waals surface area contributed by atoms with Gasteiger partial charge in [0.05, 0.1) is 6.10 Å². The largest absolute Gasteiger partial charge is 0.508 e. The minimum absolute atomic E-state index is 0.130. The average molecular weight is 411 g/mol. The maximum Gasteiger partial charge on any atom is 0.165 e. The van der Waals surface area contributed by atoms with E-state index in [1.54, 1.807) is 12.1 Å². The molecular formula is C25H30O5. The highest BCUT2D eigenvalue weighted by Crippen LogP contribution is 2.47. The van der Waals surface area contributed by atoms with Crippen LogP contribution in [0.1, 0.15) is 62.5 Å². The Morgan fingerprint density at radius 3 is 2.67 bits per heavy atom. The summed E-state index contributed by atoms with van der Waals surface area (Å²) in [7, 11) is 0. The summed E-state index contributed by atoms with van der Waals surface area (Å²) in [5.74, 6) is 1.44. The summed E-state index contributed by atoms with van der Waals surface area (Å²) in [5.41, 5.74) is 3.95. The quantitative estimate of drug-likeness (QED) is 0.637. The van der Waals surface area contributed by atoms with Crippen molar-refractivity contribution in [2.24, 2.45) is 0 Å². The van der Waals surface area contributed by atoms with Crippen molar-refractivity contribution in [1.82, 2.24) is 0 Å². The number of hydrogen-bond acceptors (Lipinski definition) is 5. The Morgan fingerprint density at radius 1 is 1.17 bits per heavy atom. The van der Waals surface area contributed by atoms with E-state index in [4.69, 9.17) is 9.47 Å². The van der Waals surface area contributed by atoms with E-state index < -0.39 is 11.7 Å². The van der Waals surface area contributed by atoms with Crippen LogP contribution in [-0.4, -0.2) is 27.0 Å². The molecule has 0 aromatic heterocycles. The van der Waals surface area contributed by atoms with E-state index in [9.17, 15) is 15.3 Å². The van der Waals surface area contributed by atoms with Gasteiger partial charge in [-0.1, -0.05) is 17.7 Å². The van der Waals surface area contributed by atoms with Crippen LogP contribution < -0.4 is 9.47 Å². The molecule has 5 heteroatoms. The molecule has 0 unspecified atom stereocenters. The van der Waals surface area contributed by atoms with Gasteiger partial charge in [0.2, 0.25) is 0 Å². The van der Waals surface area contributed by atoms with Gasteiger partial charge in [-0.15, -0.1) is 0 Å². The summed E-state index contributed by atoms with van der Waals surface area (Å²) in [5, 5.41) is 31.5. The third-order valence-corrected chi connectivity index (χ3v) is 6.11. The molecule has 0 saturated heterocycles. The number of phenolic OH excluding ortho intramolecular Hbond substituents is 2. The SMILES string of the molecule is CC(C)=CCc1c([C@H]2CCc3ccc(O)cc3O2)cc2c(c1O)OC(C)(C)[C@H](O)C2. The first-order valence-electron chi connectivity index (χ1n) is 10.5. The van der Waals surface area contributed by atoms with Crippen LogP contribution in [0.5, 0.6) is 23.0 Å². The van der Waals surface area contributed by atoms with E-state index in [0.29, 0.717) is 24.3 Å². The predicted molar refractivity (Wildman–Crippen MR) is 115 cm³/mol. The van der Waals surface area contributed by atoms with E-state index in [-0.39, 0.29) is 17.6 Å². The van der Waals surface area contributed by atoms with Gasteiger partial charge in [0.1, 0.15) is 23.2 Å². The first-order chi connectivity index (χ1) is 14.2. The van der Waals surface area contributed by atoms with Gasteiger partial charge < -0.3 is 24.8 Å². The fraction of sp³-hybridized carbons (Fsp3) is 0.440. The van der Waals surface area contributed by atoms with Crippen molar-refractivity contribution in [2.45, 2.75) is 71.2 Å². The van der Waals surface area contributed by atoms with Crippen LogP contribution in [-0.2, 0) is 19.3 Å². The van der Waals surface area contributed by atoms with Crippen molar-refractivity contribution in [1.29, 1.82) is 0 Å². The normalized spacial score (nSPS) is 21.6. The number of aromatic hydroxyl groups is 2. The van der Waals surface area contributed by atoms with Gasteiger partial charge in [-0.2, -0.15) is 0 Å². The molecular weight excluding hydrogens is 380 g/mol. The molecule has 0 amide bonds. The van der Waals surface area contributed by atoms with Crippen molar-refractivity contribution in [3.8, 4) is 23.0 Å². The van der Waals surface area contributed by atoms with E-state index in [1.807, 2.05) is 39.8 Å². The van der Waals surface area contributed by atoms with Gasteiger partial charge >= 0.3 is 0 Å². The first kappa shape index (κ1) is 20.6. The summed E-state index contributed by atoms with van der Waals surface area (Å²) < 4.78 is 12.3. The number of aryl methyl sites for hydroxylation is 1. The third-order valence-electron chi connectivity index (χ3n) is 6.11. The maximum absolute atomic E-state index is 11.2. The van der Waals surface area contributed by atoms with Gasteiger partial charge in [-0.05, 0) is 64.7 Å². The summed E-state index contributed by atoms with van der Waals surface area (Å²) in [4.78, 5) is 0. The number of rotatable bonds is 3. The summed E-state index contributed by atoms with van der Waals surface area (Å²) in [6.45, 7) is 7.72. The van der Waals surface area contributed by atoms with E-state index >= 15 is 0 Å². The number of hydrogen-bond donors (Lipinski definition) is 3. The Bertz CT molecular complexity index is 1000. The Morgan fingerprint density at radius 2 is 1.93 bits per heavy atom. The number of benzene rings is 2. The number of aliphatic hydroxyl groups excluding tert-OH is 1. The van der Waals surface area contributed by atoms with E-state index in [2.05, 4.69) is 6.08 Å². The standard InChI is InChI=1S/C25H30O5/c1-14(2)5-9-18-19(20-10-7-15-6-8-17(26)13-21(15)29-20)11-16-12-22(27)25(3,4)30-24(16)23(18)28/h5-6,8,11,13,20,22,26-28H,7,9-10,12H2,1-4H3/t20-,22-/m1/s1. The second-order valence-electron chi connectivity index (χ2n) is 9.13. The van der Waals surface area contributed by atoms with E-state index in [0.717, 1.165) is 40.7 Å². The first-order valence-corrected chi connectivity index (χ1v) is 10.5. The van der Waals surface area contributed by atoms with Crippen LogP contribution in [0.25, 0.3) is 0 Å². The third kappa shape index (κ3) is 3.74. The smallest absolute Gasteiger partial charge is 0.165 e. The Kier molecular flexibility index (Phi) is 5.18. The van der Waals surface area contributed by atoms with Gasteiger partial charge in [0.25, 0.3) is 0 Å². The topological polar surface area (TPSA) is 79.2 Å². The van der Waals surface area contributed by atoms with Crippen molar-refractivity contribution in [3.05, 3.63) is 58.2 Å². The Labute approximate surface area is 177 Å². The van der Waals surface area contributed by atoms with Gasteiger partial charge in [0.15, 0.2) is 11.5 Å². The molecule has 0 radical (unpaired) electrons. The average Bonchev–Trinajstić information content (AvgIpc) is 2.68. The summed E-state index contributed by atoms with van der Waals surface area (Å²) >= 11 is 0. The van der Waals surface area contributed by atoms with Crippen molar-refractivity contribution >= 4 is 0 Å². The number of ether oxygens (including phenoxy) is 2. The Balaban J connectivity index is 1.80. The molecule has 3 N–H and O–H groups in total. The molecule has 2 aliphatic heterocycles. The summed E-state index contributed by atoms with van der Waals surface area (Å²) in [6.07, 6.45) is 3.75. The number of phenols is 2. The Hall–Kier alpha value is -2.66. The zero-order chi connectivity index (χ0) is 21.6. The minimum atomic E-state index is -0.766. The number of fused-ring (bicyclic) bond motifs is 2. The molecule has 2 heterocycles. The fourth-order valence-corrected chi connectivity index (χ4v) is 4.20. The molecule has 2 aromatic rings. The van der Waals surface area contributed by atoms with E-state index in [1.165, 1.54) is 0 Å². The molecule has 2 aliphatic rings. The second kappa shape index (κ2) is 7.55. The van der Waals surface area contributed by atoms with Gasteiger partial charge in [-0.3, -0.25) is 0 Å². The van der Waals surface area contributed by atoms with Crippen molar-refractivity contribution in [2.75, 3.05) is 0 Å². The molecule has 0 bridgehead atoms. The van der Waals surface area contributed by atoms with Crippen LogP contribution in [0, 0.1) is 0 Å². The second-order valence-corrected chi connectivity index (χ2v) is 9.13. The molecule has 2 atom stereocenters. The monoisotopic (exact) mass is 410 g/mol. The lowest BCUT2D eigenvalue weighted by Crippen LogP contribution is -2.46. The van der Waals surface area contributed by atoms with Crippen LogP contribution in [0.4, 0.5) is 0 Å². The molecule has 30 heavy (non-hydrogen) atoms. The van der Waals surface area contributed by atoms with Crippen LogP contribution >= 0.6 is 0 Å². The van der Waals surface area contributed by atoms with Crippen LogP contribution in [0.2, 0.25) is 0 Å². The summed E-state index contributed by atoms with van der Waals surface area (Å²) in [6, 6.07) is 7.22. The molecule has 160 valence electrons. The molecule has 0 spiro atoms. The van der Waals surface area contributed by atoms with Crippen LogP contribution in [0.15, 0.2) is 35.9 Å².